The monoisotopic (exact) mass is 389 g/mol. The lowest BCUT2D eigenvalue weighted by Gasteiger charge is -2.15. The average molecular weight is 390 g/mol. The third-order valence-electron chi connectivity index (χ3n) is 6.38. The van der Waals surface area contributed by atoms with E-state index in [2.05, 4.69) is 115 Å². The van der Waals surface area contributed by atoms with Gasteiger partial charge in [-0.3, -0.25) is 0 Å². The maximum atomic E-state index is 2.43. The van der Waals surface area contributed by atoms with Crippen molar-refractivity contribution in [2.45, 2.75) is 32.6 Å². The van der Waals surface area contributed by atoms with Gasteiger partial charge in [-0.2, -0.15) is 0 Å². The third-order valence-corrected chi connectivity index (χ3v) is 6.38. The summed E-state index contributed by atoms with van der Waals surface area (Å²) in [4.78, 5) is 0. The summed E-state index contributed by atoms with van der Waals surface area (Å²) in [6.45, 7) is 4.58. The largest absolute Gasteiger partial charge is 0.309 e. The number of aromatic nitrogens is 1. The number of nitrogens with zero attached hydrogens (tertiary/aromatic N) is 1. The van der Waals surface area contributed by atoms with Crippen LogP contribution in [-0.4, -0.2) is 4.57 Å². The summed E-state index contributed by atoms with van der Waals surface area (Å²) >= 11 is 0. The molecular weight excluding hydrogens is 362 g/mol. The van der Waals surface area contributed by atoms with Crippen LogP contribution in [0.25, 0.3) is 38.6 Å². The third kappa shape index (κ3) is 3.02. The Kier molecular flexibility index (Phi) is 4.88. The molecule has 0 atom stereocenters. The summed E-state index contributed by atoms with van der Waals surface area (Å²) in [5.74, 6) is 0.619. The van der Waals surface area contributed by atoms with E-state index in [0.29, 0.717) is 5.92 Å². The maximum absolute atomic E-state index is 2.43. The highest BCUT2D eigenvalue weighted by Gasteiger charge is 2.16. The van der Waals surface area contributed by atoms with Gasteiger partial charge in [0.2, 0.25) is 0 Å². The van der Waals surface area contributed by atoms with E-state index in [4.69, 9.17) is 0 Å². The average Bonchev–Trinajstić information content (AvgIpc) is 3.14. The molecule has 5 rings (SSSR count). The van der Waals surface area contributed by atoms with Crippen LogP contribution in [0.2, 0.25) is 0 Å². The van der Waals surface area contributed by atoms with Crippen molar-refractivity contribution in [1.29, 1.82) is 0 Å². The maximum Gasteiger partial charge on any atom is 0.0541 e. The van der Waals surface area contributed by atoms with Gasteiger partial charge in [0, 0.05) is 16.3 Å². The smallest absolute Gasteiger partial charge is 0.0541 e. The molecule has 1 heterocycles. The Morgan fingerprint density at radius 1 is 0.633 bits per heavy atom. The Bertz CT molecular complexity index is 1310. The van der Waals surface area contributed by atoms with Gasteiger partial charge in [-0.1, -0.05) is 86.6 Å². The molecule has 0 aliphatic rings. The van der Waals surface area contributed by atoms with Gasteiger partial charge in [-0.25, -0.2) is 0 Å². The van der Waals surface area contributed by atoms with E-state index in [-0.39, 0.29) is 0 Å². The first-order valence-corrected chi connectivity index (χ1v) is 11.0. The van der Waals surface area contributed by atoms with Crippen molar-refractivity contribution >= 4 is 21.8 Å². The second kappa shape index (κ2) is 7.84. The molecule has 0 aliphatic heterocycles. The van der Waals surface area contributed by atoms with E-state index in [9.17, 15) is 0 Å². The second-order valence-corrected chi connectivity index (χ2v) is 8.03. The fourth-order valence-electron chi connectivity index (χ4n) is 4.79. The van der Waals surface area contributed by atoms with Crippen molar-refractivity contribution in [3.05, 3.63) is 103 Å². The minimum absolute atomic E-state index is 0.619. The van der Waals surface area contributed by atoms with Gasteiger partial charge in [0.1, 0.15) is 0 Å². The Labute approximate surface area is 178 Å². The molecule has 0 spiro atoms. The Morgan fingerprint density at radius 2 is 1.30 bits per heavy atom. The van der Waals surface area contributed by atoms with E-state index >= 15 is 0 Å². The van der Waals surface area contributed by atoms with E-state index in [1.54, 1.807) is 0 Å². The van der Waals surface area contributed by atoms with Crippen molar-refractivity contribution in [3.63, 3.8) is 0 Å². The molecule has 0 aliphatic carbocycles. The van der Waals surface area contributed by atoms with Crippen LogP contribution in [0.5, 0.6) is 0 Å². The molecule has 0 saturated heterocycles. The van der Waals surface area contributed by atoms with Crippen LogP contribution in [-0.2, 0) is 0 Å². The van der Waals surface area contributed by atoms with E-state index in [1.807, 2.05) is 0 Å². The van der Waals surface area contributed by atoms with Crippen LogP contribution in [0, 0.1) is 0 Å². The topological polar surface area (TPSA) is 4.93 Å². The van der Waals surface area contributed by atoms with Crippen molar-refractivity contribution in [3.8, 4) is 16.8 Å². The van der Waals surface area contributed by atoms with Gasteiger partial charge in [0.15, 0.2) is 0 Å². The van der Waals surface area contributed by atoms with E-state index in [0.717, 1.165) is 0 Å². The molecule has 1 nitrogen and oxygen atoms in total. The Morgan fingerprint density at radius 3 is 2.10 bits per heavy atom. The SMILES string of the molecule is CCC(CC)c1ccc2c(c1)c1ccccc1n2-c1ccccc1-c1ccccc1. The molecule has 0 amide bonds. The zero-order valence-corrected chi connectivity index (χ0v) is 17.7. The molecule has 0 unspecified atom stereocenters. The van der Waals surface area contributed by atoms with Crippen molar-refractivity contribution < 1.29 is 0 Å². The van der Waals surface area contributed by atoms with Gasteiger partial charge in [-0.05, 0) is 54.2 Å². The summed E-state index contributed by atoms with van der Waals surface area (Å²) in [6, 6.07) is 35.3. The molecule has 4 aromatic carbocycles. The summed E-state index contributed by atoms with van der Waals surface area (Å²) in [7, 11) is 0. The number of hydrogen-bond donors (Lipinski definition) is 0. The van der Waals surface area contributed by atoms with Crippen LogP contribution in [0.3, 0.4) is 0 Å². The minimum Gasteiger partial charge on any atom is -0.309 e. The number of fused-ring (bicyclic) bond motifs is 3. The molecule has 0 radical (unpaired) electrons. The predicted molar refractivity (Wildman–Crippen MR) is 130 cm³/mol. The first kappa shape index (κ1) is 18.7. The van der Waals surface area contributed by atoms with Crippen LogP contribution in [0.15, 0.2) is 97.1 Å². The van der Waals surface area contributed by atoms with Gasteiger partial charge in [0.25, 0.3) is 0 Å². The molecule has 5 aromatic rings. The molecule has 1 aromatic heterocycles. The molecule has 0 saturated carbocycles. The standard InChI is InChI=1S/C29H27N/c1-3-21(4-2)23-18-19-29-26(20-23)25-15-9-11-17-28(25)30(29)27-16-10-8-14-24(27)22-12-6-5-7-13-22/h5-21H,3-4H2,1-2H3. The van der Waals surface area contributed by atoms with E-state index in [1.165, 1.54) is 57.0 Å². The Hall–Kier alpha value is -3.32. The highest BCUT2D eigenvalue weighted by molar-refractivity contribution is 6.10. The van der Waals surface area contributed by atoms with Gasteiger partial charge < -0.3 is 4.57 Å². The normalized spacial score (nSPS) is 11.6. The Balaban J connectivity index is 1.83. The molecule has 0 N–H and O–H groups in total. The van der Waals surface area contributed by atoms with Crippen LogP contribution >= 0.6 is 0 Å². The van der Waals surface area contributed by atoms with Gasteiger partial charge in [0.05, 0.1) is 16.7 Å². The number of hydrogen-bond acceptors (Lipinski definition) is 0. The van der Waals surface area contributed by atoms with Crippen LogP contribution in [0.1, 0.15) is 38.2 Å². The summed E-state index contributed by atoms with van der Waals surface area (Å²) in [5.41, 5.74) is 7.71. The number of benzene rings is 4. The highest BCUT2D eigenvalue weighted by Crippen LogP contribution is 2.37. The zero-order valence-electron chi connectivity index (χ0n) is 17.7. The first-order valence-electron chi connectivity index (χ1n) is 11.0. The quantitative estimate of drug-likeness (QED) is 0.284. The second-order valence-electron chi connectivity index (χ2n) is 8.03. The molecule has 148 valence electrons. The molecular formula is C29H27N. The highest BCUT2D eigenvalue weighted by atomic mass is 15.0. The van der Waals surface area contributed by atoms with Gasteiger partial charge in [-0.15, -0.1) is 0 Å². The fourth-order valence-corrected chi connectivity index (χ4v) is 4.79. The summed E-state index contributed by atoms with van der Waals surface area (Å²) < 4.78 is 2.43. The minimum atomic E-state index is 0.619. The number of para-hydroxylation sites is 2. The summed E-state index contributed by atoms with van der Waals surface area (Å²) in [5, 5.41) is 2.67. The van der Waals surface area contributed by atoms with Crippen LogP contribution < -0.4 is 0 Å². The lowest BCUT2D eigenvalue weighted by molar-refractivity contribution is 0.643. The lowest BCUT2D eigenvalue weighted by atomic mass is 9.93. The predicted octanol–water partition coefficient (Wildman–Crippen LogP) is 8.35. The first-order chi connectivity index (χ1) is 14.8. The van der Waals surface area contributed by atoms with Crippen molar-refractivity contribution in [2.75, 3.05) is 0 Å². The van der Waals surface area contributed by atoms with Crippen LogP contribution in [0.4, 0.5) is 0 Å². The lowest BCUT2D eigenvalue weighted by Crippen LogP contribution is -1.98. The van der Waals surface area contributed by atoms with E-state index < -0.39 is 0 Å². The van der Waals surface area contributed by atoms with Gasteiger partial charge >= 0.3 is 0 Å². The zero-order chi connectivity index (χ0) is 20.5. The molecule has 0 fully saturated rings. The summed E-state index contributed by atoms with van der Waals surface area (Å²) in [6.07, 6.45) is 2.36. The molecule has 1 heteroatoms. The molecule has 0 bridgehead atoms. The number of rotatable bonds is 5. The molecule has 30 heavy (non-hydrogen) atoms. The van der Waals surface area contributed by atoms with Crippen molar-refractivity contribution in [1.82, 2.24) is 4.57 Å². The van der Waals surface area contributed by atoms with Crippen molar-refractivity contribution in [2.24, 2.45) is 0 Å². The fraction of sp³-hybridized carbons (Fsp3) is 0.172.